The van der Waals surface area contributed by atoms with Gasteiger partial charge in [-0.2, -0.15) is 0 Å². The van der Waals surface area contributed by atoms with Gasteiger partial charge in [0, 0.05) is 0 Å². The van der Waals surface area contributed by atoms with E-state index in [1.54, 1.807) is 52.3 Å². The van der Waals surface area contributed by atoms with Gasteiger partial charge in [0.25, 0.3) is 0 Å². The second-order valence-corrected chi connectivity index (χ2v) is 11.1. The summed E-state index contributed by atoms with van der Waals surface area (Å²) < 4.78 is 39.5. The van der Waals surface area contributed by atoms with E-state index in [2.05, 4.69) is 9.69 Å². The van der Waals surface area contributed by atoms with Gasteiger partial charge >= 0.3 is 0 Å². The van der Waals surface area contributed by atoms with Crippen LogP contribution in [0.3, 0.4) is 0 Å². The van der Waals surface area contributed by atoms with Crippen LogP contribution in [-0.4, -0.2) is 22.6 Å². The highest BCUT2D eigenvalue weighted by Gasteiger charge is 2.28. The number of ether oxygens (including phenoxy) is 2. The number of methoxy groups -OCH3 is 2. The van der Waals surface area contributed by atoms with E-state index < -0.39 is 9.84 Å². The number of sulfone groups is 1. The van der Waals surface area contributed by atoms with Crippen molar-refractivity contribution in [1.29, 1.82) is 0 Å². The maximum atomic E-state index is 14.4. The van der Waals surface area contributed by atoms with Crippen LogP contribution < -0.4 is 9.47 Å². The van der Waals surface area contributed by atoms with Crippen molar-refractivity contribution in [2.24, 2.45) is 0 Å². The van der Waals surface area contributed by atoms with Crippen molar-refractivity contribution < 1.29 is 17.9 Å². The van der Waals surface area contributed by atoms with Crippen LogP contribution in [0.5, 0.6) is 11.5 Å². The van der Waals surface area contributed by atoms with Gasteiger partial charge in [-0.3, -0.25) is 0 Å². The van der Waals surface area contributed by atoms with Gasteiger partial charge in [0.05, 0.1) is 37.2 Å². The summed E-state index contributed by atoms with van der Waals surface area (Å²) in [6.07, 6.45) is 0.468. The van der Waals surface area contributed by atoms with Gasteiger partial charge < -0.3 is 9.47 Å². The SMILES string of the molecule is [C-]#[N+]c1c(C)ccc(S(=O)(=O)c2ccc(C)c([N+]#[C-])c2Cc2cccc(OC)c2)c1Cc1cccc(OC)c1. The Bertz CT molecular complexity index is 1620. The van der Waals surface area contributed by atoms with Crippen molar-refractivity contribution in [2.45, 2.75) is 36.5 Å². The minimum Gasteiger partial charge on any atom is -0.497 e. The molecule has 0 N–H and O–H groups in total. The van der Waals surface area contributed by atoms with E-state index in [0.717, 1.165) is 11.1 Å². The molecule has 0 saturated carbocycles. The third-order valence-electron chi connectivity index (χ3n) is 6.72. The van der Waals surface area contributed by atoms with Crippen LogP contribution in [0.25, 0.3) is 9.69 Å². The van der Waals surface area contributed by atoms with Crippen molar-refractivity contribution in [3.63, 3.8) is 0 Å². The molecule has 39 heavy (non-hydrogen) atoms. The molecule has 0 aromatic heterocycles. The Labute approximate surface area is 230 Å². The molecule has 7 heteroatoms. The molecule has 196 valence electrons. The zero-order valence-corrected chi connectivity index (χ0v) is 23.1. The highest BCUT2D eigenvalue weighted by atomic mass is 32.2. The Kier molecular flexibility index (Phi) is 8.04. The van der Waals surface area contributed by atoms with E-state index in [0.29, 0.717) is 45.1 Å². The van der Waals surface area contributed by atoms with Gasteiger partial charge in [-0.15, -0.1) is 0 Å². The lowest BCUT2D eigenvalue weighted by Gasteiger charge is -2.18. The van der Waals surface area contributed by atoms with E-state index in [1.807, 2.05) is 48.5 Å². The summed E-state index contributed by atoms with van der Waals surface area (Å²) in [4.78, 5) is 7.58. The van der Waals surface area contributed by atoms with Crippen LogP contribution in [-0.2, 0) is 22.7 Å². The van der Waals surface area contributed by atoms with Crippen molar-refractivity contribution in [3.05, 3.63) is 129 Å². The van der Waals surface area contributed by atoms with Crippen LogP contribution in [0.4, 0.5) is 11.4 Å². The summed E-state index contributed by atoms with van der Waals surface area (Å²) in [6, 6.07) is 21.2. The summed E-state index contributed by atoms with van der Waals surface area (Å²) in [5, 5.41) is 0. The van der Waals surface area contributed by atoms with Crippen LogP contribution in [0.2, 0.25) is 0 Å². The molecule has 0 aliphatic heterocycles. The van der Waals surface area contributed by atoms with E-state index >= 15 is 0 Å². The van der Waals surface area contributed by atoms with Crippen LogP contribution in [0, 0.1) is 27.0 Å². The minimum absolute atomic E-state index is 0.0635. The van der Waals surface area contributed by atoms with E-state index in [4.69, 9.17) is 22.6 Å². The Hall–Kier alpha value is -4.59. The lowest BCUT2D eigenvalue weighted by molar-refractivity contribution is 0.414. The lowest BCUT2D eigenvalue weighted by Crippen LogP contribution is -2.10. The summed E-state index contributed by atoms with van der Waals surface area (Å²) in [6.45, 7) is 19.3. The molecule has 0 amide bonds. The zero-order valence-electron chi connectivity index (χ0n) is 22.3. The molecule has 0 aliphatic carbocycles. The van der Waals surface area contributed by atoms with Crippen molar-refractivity contribution in [2.75, 3.05) is 14.2 Å². The fraction of sp³-hybridized carbons (Fsp3) is 0.188. The number of benzene rings is 4. The predicted octanol–water partition coefficient (Wildman–Crippen LogP) is 7.44. The first-order valence-electron chi connectivity index (χ1n) is 12.2. The molecular weight excluding hydrogens is 508 g/mol. The number of hydrogen-bond acceptors (Lipinski definition) is 4. The summed E-state index contributed by atoms with van der Waals surface area (Å²) in [5.41, 5.74) is 4.52. The molecule has 0 bridgehead atoms. The zero-order chi connectivity index (χ0) is 28.2. The van der Waals surface area contributed by atoms with E-state index in [-0.39, 0.29) is 22.6 Å². The number of hydrogen-bond donors (Lipinski definition) is 0. The predicted molar refractivity (Wildman–Crippen MR) is 152 cm³/mol. The average molecular weight is 537 g/mol. The smallest absolute Gasteiger partial charge is 0.204 e. The van der Waals surface area contributed by atoms with Gasteiger partial charge in [-0.1, -0.05) is 36.4 Å². The van der Waals surface area contributed by atoms with Gasteiger partial charge in [-0.05, 0) is 96.5 Å². The van der Waals surface area contributed by atoms with Gasteiger partial charge in [0.1, 0.15) is 11.5 Å². The third kappa shape index (κ3) is 5.50. The molecule has 0 saturated heterocycles. The lowest BCUT2D eigenvalue weighted by atomic mass is 10.00. The highest BCUT2D eigenvalue weighted by Crippen LogP contribution is 2.39. The maximum absolute atomic E-state index is 14.4. The molecule has 4 rings (SSSR count). The van der Waals surface area contributed by atoms with Crippen molar-refractivity contribution in [3.8, 4) is 11.5 Å². The largest absolute Gasteiger partial charge is 0.497 e. The third-order valence-corrected chi connectivity index (χ3v) is 8.64. The van der Waals surface area contributed by atoms with Crippen LogP contribution in [0.15, 0.2) is 82.6 Å². The fourth-order valence-corrected chi connectivity index (χ4v) is 6.44. The first-order valence-corrected chi connectivity index (χ1v) is 13.7. The van der Waals surface area contributed by atoms with Crippen molar-refractivity contribution >= 4 is 21.2 Å². The van der Waals surface area contributed by atoms with E-state index in [1.165, 1.54) is 0 Å². The van der Waals surface area contributed by atoms with Crippen molar-refractivity contribution in [1.82, 2.24) is 0 Å². The molecule has 6 nitrogen and oxygen atoms in total. The molecule has 0 heterocycles. The van der Waals surface area contributed by atoms with Crippen LogP contribution in [0.1, 0.15) is 33.4 Å². The minimum atomic E-state index is -4.12. The van der Waals surface area contributed by atoms with Gasteiger partial charge in [-0.25, -0.2) is 18.1 Å². The maximum Gasteiger partial charge on any atom is 0.204 e. The fourth-order valence-electron chi connectivity index (χ4n) is 4.72. The van der Waals surface area contributed by atoms with Gasteiger partial charge in [0.2, 0.25) is 9.84 Å². The molecule has 0 radical (unpaired) electrons. The van der Waals surface area contributed by atoms with Gasteiger partial charge in [0.15, 0.2) is 11.4 Å². The first-order chi connectivity index (χ1) is 18.7. The second kappa shape index (κ2) is 11.4. The molecule has 0 atom stereocenters. The second-order valence-electron chi connectivity index (χ2n) is 9.20. The normalized spacial score (nSPS) is 10.9. The monoisotopic (exact) mass is 536 g/mol. The Balaban J connectivity index is 1.94. The molecule has 4 aromatic rings. The molecule has 0 fully saturated rings. The Morgan fingerprint density at radius 2 is 1.08 bits per heavy atom. The molecule has 4 aromatic carbocycles. The Morgan fingerprint density at radius 3 is 1.44 bits per heavy atom. The number of rotatable bonds is 8. The van der Waals surface area contributed by atoms with Crippen LogP contribution >= 0.6 is 0 Å². The standard InChI is InChI=1S/C32H28N2O4S/c1-21-13-15-29(27(31(21)33-3)19-23-9-7-11-25(17-23)37-5)39(35,36)30-16-14-22(2)32(34-4)28(30)20-24-10-8-12-26(18-24)38-6/h7-18H,19-20H2,1-2,5-6H3. The Morgan fingerprint density at radius 1 is 0.667 bits per heavy atom. The highest BCUT2D eigenvalue weighted by molar-refractivity contribution is 7.91. The summed E-state index contributed by atoms with van der Waals surface area (Å²) >= 11 is 0. The molecule has 0 aliphatic rings. The topological polar surface area (TPSA) is 61.3 Å². The molecule has 0 unspecified atom stereocenters. The quantitative estimate of drug-likeness (QED) is 0.220. The number of nitrogens with zero attached hydrogens (tertiary/aromatic N) is 2. The average Bonchev–Trinajstić information content (AvgIpc) is 2.93. The first kappa shape index (κ1) is 27.4. The summed E-state index contributed by atoms with van der Waals surface area (Å²) in [5.74, 6) is 1.30. The van der Waals surface area contributed by atoms with E-state index in [9.17, 15) is 8.42 Å². The molecular formula is C32H28N2O4S. The number of aryl methyl sites for hydroxylation is 2. The summed E-state index contributed by atoms with van der Waals surface area (Å²) in [7, 11) is -0.976. The molecule has 0 spiro atoms.